The van der Waals surface area contributed by atoms with E-state index in [1.165, 1.54) is 6.07 Å². The van der Waals surface area contributed by atoms with Crippen molar-refractivity contribution < 1.29 is 28.3 Å². The van der Waals surface area contributed by atoms with Gasteiger partial charge in [-0.15, -0.1) is 11.3 Å². The summed E-state index contributed by atoms with van der Waals surface area (Å²) >= 11 is 1.59. The van der Waals surface area contributed by atoms with Gasteiger partial charge in [0.2, 0.25) is 17.7 Å². The van der Waals surface area contributed by atoms with Crippen molar-refractivity contribution in [3.63, 3.8) is 0 Å². The van der Waals surface area contributed by atoms with Crippen LogP contribution in [-0.2, 0) is 25.7 Å². The Morgan fingerprint density at radius 2 is 1.74 bits per heavy atom. The van der Waals surface area contributed by atoms with Gasteiger partial charge in [-0.05, 0) is 91.0 Å². The smallest absolute Gasteiger partial charge is 0.251 e. The fraction of sp³-hybridized carbons (Fsp3) is 0.568. The Bertz CT molecular complexity index is 1870. The molecule has 0 spiro atoms. The van der Waals surface area contributed by atoms with E-state index in [2.05, 4.69) is 53.9 Å². The summed E-state index contributed by atoms with van der Waals surface area (Å²) < 4.78 is 20.5. The fourth-order valence-electron chi connectivity index (χ4n) is 8.58. The number of ether oxygens (including phenoxy) is 1. The zero-order valence-electron chi connectivity index (χ0n) is 34.9. The maximum atomic E-state index is 14.9. The van der Waals surface area contributed by atoms with Crippen LogP contribution in [-0.4, -0.2) is 77.9 Å². The maximum absolute atomic E-state index is 14.9. The number of benzene rings is 2. The Balaban J connectivity index is 0.995. The van der Waals surface area contributed by atoms with Gasteiger partial charge in [0.1, 0.15) is 24.5 Å². The maximum Gasteiger partial charge on any atom is 0.251 e. The molecule has 1 unspecified atom stereocenters. The van der Waals surface area contributed by atoms with Crippen LogP contribution in [0.1, 0.15) is 109 Å². The number of hydrogen-bond donors (Lipinski definition) is 4. The average molecular weight is 805 g/mol. The summed E-state index contributed by atoms with van der Waals surface area (Å²) in [5, 5.41) is 12.1. The number of carbonyl (C=O) groups excluding carboxylic acids is 4. The van der Waals surface area contributed by atoms with Crippen LogP contribution in [0.25, 0.3) is 10.4 Å². The van der Waals surface area contributed by atoms with Crippen LogP contribution in [0.3, 0.4) is 0 Å². The van der Waals surface area contributed by atoms with E-state index in [0.717, 1.165) is 41.0 Å². The van der Waals surface area contributed by atoms with Gasteiger partial charge in [0.15, 0.2) is 0 Å². The molecular weight excluding hydrogens is 744 g/mol. The summed E-state index contributed by atoms with van der Waals surface area (Å²) in [5.74, 6) is -1.62. The van der Waals surface area contributed by atoms with Crippen LogP contribution in [0, 0.1) is 29.0 Å². The normalized spacial score (nSPS) is 18.1. The van der Waals surface area contributed by atoms with E-state index in [1.54, 1.807) is 28.4 Å². The van der Waals surface area contributed by atoms with Crippen LogP contribution in [0.2, 0.25) is 0 Å². The summed E-state index contributed by atoms with van der Waals surface area (Å²) in [7, 11) is 0. The molecule has 2 fully saturated rings. The number of halogens is 1. The van der Waals surface area contributed by atoms with E-state index in [-0.39, 0.29) is 41.2 Å². The predicted molar refractivity (Wildman–Crippen MR) is 223 cm³/mol. The number of rotatable bonds is 17. The molecule has 0 radical (unpaired) electrons. The number of anilines is 1. The van der Waals surface area contributed by atoms with Gasteiger partial charge in [-0.1, -0.05) is 72.7 Å². The minimum atomic E-state index is -0.832. The van der Waals surface area contributed by atoms with E-state index in [0.29, 0.717) is 56.8 Å². The molecule has 310 valence electrons. The van der Waals surface area contributed by atoms with Crippen LogP contribution < -0.4 is 21.3 Å². The molecule has 2 aliphatic rings. The molecule has 1 saturated heterocycles. The molecule has 0 bridgehead atoms. The van der Waals surface area contributed by atoms with E-state index in [4.69, 9.17) is 4.74 Å². The molecule has 1 saturated carbocycles. The largest absolute Gasteiger partial charge is 0.383 e. The van der Waals surface area contributed by atoms with E-state index >= 15 is 0 Å². The van der Waals surface area contributed by atoms with Crippen molar-refractivity contribution >= 4 is 40.7 Å². The number of amides is 4. The molecule has 2 atom stereocenters. The third kappa shape index (κ3) is 11.2. The lowest BCUT2D eigenvalue weighted by atomic mass is 9.52. The third-order valence-electron chi connectivity index (χ3n) is 11.2. The van der Waals surface area contributed by atoms with Gasteiger partial charge in [0.25, 0.3) is 5.91 Å². The van der Waals surface area contributed by atoms with Gasteiger partial charge in [-0.25, -0.2) is 9.37 Å². The molecule has 5 rings (SSSR count). The van der Waals surface area contributed by atoms with E-state index in [9.17, 15) is 23.6 Å². The summed E-state index contributed by atoms with van der Waals surface area (Å²) in [5.41, 5.74) is 4.91. The molecule has 2 aromatic carbocycles. The summed E-state index contributed by atoms with van der Waals surface area (Å²) in [6.07, 6.45) is 4.53. The van der Waals surface area contributed by atoms with Crippen LogP contribution in [0.4, 0.5) is 10.1 Å². The first-order valence-electron chi connectivity index (χ1n) is 20.2. The fourth-order valence-corrected chi connectivity index (χ4v) is 9.40. The second-order valence-electron chi connectivity index (χ2n) is 18.0. The SMILES string of the molecule is Cc1ncsc1-c1ccc(CNC(=O)[C@@H]2CCCN2C(=O)C(NC(=O)COCCCCCNc2ccc(C(=O)NC3C(C)(C)CC3(C)C)cc2F)C(C)(C)C)cc1. The second-order valence-corrected chi connectivity index (χ2v) is 18.9. The van der Waals surface area contributed by atoms with Crippen molar-refractivity contribution in [2.75, 3.05) is 31.6 Å². The van der Waals surface area contributed by atoms with E-state index < -0.39 is 29.2 Å². The quantitative estimate of drug-likeness (QED) is 0.105. The second kappa shape index (κ2) is 18.5. The molecule has 11 nitrogen and oxygen atoms in total. The van der Waals surface area contributed by atoms with Crippen molar-refractivity contribution in [3.8, 4) is 10.4 Å². The Kier molecular flexibility index (Phi) is 14.2. The highest BCUT2D eigenvalue weighted by Crippen LogP contribution is 2.53. The van der Waals surface area contributed by atoms with Gasteiger partial charge in [0, 0.05) is 37.8 Å². The lowest BCUT2D eigenvalue weighted by molar-refractivity contribution is -0.144. The molecule has 1 aromatic heterocycles. The van der Waals surface area contributed by atoms with Crippen LogP contribution >= 0.6 is 11.3 Å². The molecule has 1 aliphatic heterocycles. The van der Waals surface area contributed by atoms with Crippen molar-refractivity contribution in [1.29, 1.82) is 0 Å². The van der Waals surface area contributed by atoms with E-state index in [1.807, 2.05) is 57.5 Å². The first-order valence-corrected chi connectivity index (χ1v) is 21.0. The standard InChI is InChI=1S/C44H61FN6O5S/c1-28-36(57-27-48-28)30-16-14-29(15-17-30)24-47-39(54)34-13-12-21-51(34)40(55)37(42(2,3)4)49-35(52)25-56-22-11-9-10-20-46-33-19-18-31(23-32(33)45)38(53)50-41-43(5,6)26-44(41,7)8/h14-19,23,27,34,37,41,46H,9-13,20-22,24-26H2,1-8H3,(H,47,54)(H,49,52)(H,50,53)/t34-,37?/m0/s1. The van der Waals surface area contributed by atoms with Gasteiger partial charge >= 0.3 is 0 Å². The number of nitrogens with zero attached hydrogens (tertiary/aromatic N) is 2. The summed E-state index contributed by atoms with van der Waals surface area (Å²) in [6, 6.07) is 11.1. The first kappa shape index (κ1) is 43.8. The summed E-state index contributed by atoms with van der Waals surface area (Å²) in [6.45, 7) is 17.7. The highest BCUT2D eigenvalue weighted by molar-refractivity contribution is 7.13. The van der Waals surface area contributed by atoms with Gasteiger partial charge in [-0.3, -0.25) is 19.2 Å². The number of aryl methyl sites for hydroxylation is 1. The number of carbonyl (C=O) groups is 4. The Morgan fingerprint density at radius 1 is 1.02 bits per heavy atom. The van der Waals surface area contributed by atoms with Crippen molar-refractivity contribution in [2.24, 2.45) is 16.2 Å². The van der Waals surface area contributed by atoms with Crippen molar-refractivity contribution in [2.45, 2.75) is 119 Å². The van der Waals surface area contributed by atoms with Crippen molar-refractivity contribution in [3.05, 3.63) is 70.6 Å². The minimum absolute atomic E-state index is 0.00450. The monoisotopic (exact) mass is 804 g/mol. The predicted octanol–water partition coefficient (Wildman–Crippen LogP) is 7.25. The Labute approximate surface area is 341 Å². The molecule has 2 heterocycles. The number of thiazole rings is 1. The summed E-state index contributed by atoms with van der Waals surface area (Å²) in [4.78, 5) is 60.1. The van der Waals surface area contributed by atoms with Crippen molar-refractivity contribution in [1.82, 2.24) is 25.8 Å². The highest BCUT2D eigenvalue weighted by Gasteiger charge is 2.53. The molecule has 1 aliphatic carbocycles. The topological polar surface area (TPSA) is 142 Å². The van der Waals surface area contributed by atoms with Gasteiger partial charge in [-0.2, -0.15) is 0 Å². The molecule has 13 heteroatoms. The van der Waals surface area contributed by atoms with Crippen LogP contribution in [0.15, 0.2) is 48.0 Å². The minimum Gasteiger partial charge on any atom is -0.383 e. The Hall–Kier alpha value is -4.36. The first-order chi connectivity index (χ1) is 26.9. The molecule has 4 amide bonds. The highest BCUT2D eigenvalue weighted by atomic mass is 32.1. The number of likely N-dealkylation sites (tertiary alicyclic amines) is 1. The number of hydrogen-bond acceptors (Lipinski definition) is 8. The molecule has 3 aromatic rings. The lowest BCUT2D eigenvalue weighted by Crippen LogP contribution is -2.63. The Morgan fingerprint density at radius 3 is 2.37 bits per heavy atom. The van der Waals surface area contributed by atoms with Crippen LogP contribution in [0.5, 0.6) is 0 Å². The average Bonchev–Trinajstić information content (AvgIpc) is 3.82. The third-order valence-corrected chi connectivity index (χ3v) is 12.2. The lowest BCUT2D eigenvalue weighted by Gasteiger charge is -2.57. The number of aromatic nitrogens is 1. The van der Waals surface area contributed by atoms with Gasteiger partial charge in [0.05, 0.1) is 21.8 Å². The zero-order chi connectivity index (χ0) is 41.5. The molecule has 4 N–H and O–H groups in total. The number of nitrogens with one attached hydrogen (secondary N) is 4. The molecular formula is C44H61FN6O5S. The molecule has 57 heavy (non-hydrogen) atoms. The van der Waals surface area contributed by atoms with Gasteiger partial charge < -0.3 is 30.9 Å². The zero-order valence-corrected chi connectivity index (χ0v) is 35.7. The number of unbranched alkanes of at least 4 members (excludes halogenated alkanes) is 2.